The van der Waals surface area contributed by atoms with Crippen molar-refractivity contribution < 1.29 is 38.4 Å². The van der Waals surface area contributed by atoms with Crippen LogP contribution in [0.15, 0.2) is 50.2 Å². The molecule has 5 nitrogen and oxygen atoms in total. The normalized spacial score (nSPS) is 14.5. The summed E-state index contributed by atoms with van der Waals surface area (Å²) in [5.41, 5.74) is -1.31. The molecule has 2 aromatic rings. The van der Waals surface area contributed by atoms with Crippen molar-refractivity contribution in [2.75, 3.05) is 11.1 Å². The highest BCUT2D eigenvalue weighted by molar-refractivity contribution is 9.11. The maximum absolute atomic E-state index is 14.3. The molecule has 172 valence electrons. The van der Waals surface area contributed by atoms with Crippen LogP contribution in [0.4, 0.5) is 40.1 Å². The summed E-state index contributed by atoms with van der Waals surface area (Å²) in [7, 11) is -9.32. The fraction of sp³-hybridized carbons (Fsp3) is 0.188. The lowest BCUT2D eigenvalue weighted by molar-refractivity contribution is -0.385. The van der Waals surface area contributed by atoms with Crippen LogP contribution < -0.4 is 5.32 Å². The van der Waals surface area contributed by atoms with E-state index in [4.69, 9.17) is 0 Å². The van der Waals surface area contributed by atoms with Crippen molar-refractivity contribution in [2.45, 2.75) is 17.5 Å². The summed E-state index contributed by atoms with van der Waals surface area (Å²) in [4.78, 5) is 20.7. The van der Waals surface area contributed by atoms with Crippen molar-refractivity contribution in [3.8, 4) is 0 Å². The molecule has 0 fully saturated rings. The lowest BCUT2D eigenvalue weighted by Gasteiger charge is -2.50. The third kappa shape index (κ3) is 6.10. The number of halogens is 9. The highest BCUT2D eigenvalue weighted by Crippen LogP contribution is 3.01. The molecule has 0 unspecified atom stereocenters. The summed E-state index contributed by atoms with van der Waals surface area (Å²) >= 11 is 5.46. The molecule has 0 aliphatic rings. The Kier molecular flexibility index (Phi) is 6.24. The molecule has 2 rings (SSSR count). The standard InChI is InChI=1S/C16H11Br2F7N2O3S/c17-11-7-9(31(22,23,24,25)6-5-16(19,20)21)8-12(18)14(11)26-15(28)10-3-1-2-4-13(10)27(29)30/h1-4,7-8H,5-6H2,(H,26,28). The second-order valence-electron chi connectivity index (χ2n) is 6.30. The summed E-state index contributed by atoms with van der Waals surface area (Å²) in [6.07, 6.45) is -7.63. The van der Waals surface area contributed by atoms with Gasteiger partial charge < -0.3 is 5.32 Å². The van der Waals surface area contributed by atoms with Crippen LogP contribution in [0.3, 0.4) is 0 Å². The minimum Gasteiger partial charge on any atom is -0.320 e. The summed E-state index contributed by atoms with van der Waals surface area (Å²) in [6, 6.07) is 5.17. The van der Waals surface area contributed by atoms with E-state index in [1.165, 1.54) is 12.1 Å². The van der Waals surface area contributed by atoms with Gasteiger partial charge in [-0.05, 0) is 50.1 Å². The SMILES string of the molecule is O=C(Nc1c(Br)cc(S(F)(F)(F)(F)CCC(F)(F)F)cc1Br)c1ccccc1[N+](=O)[O-]. The summed E-state index contributed by atoms with van der Waals surface area (Å²) in [5, 5.41) is 13.2. The van der Waals surface area contributed by atoms with Crippen LogP contribution >= 0.6 is 41.7 Å². The lowest BCUT2D eigenvalue weighted by Crippen LogP contribution is -2.24. The number of hydrogen-bond donors (Lipinski definition) is 1. The molecule has 31 heavy (non-hydrogen) atoms. The van der Waals surface area contributed by atoms with Crippen molar-refractivity contribution in [3.63, 3.8) is 0 Å². The van der Waals surface area contributed by atoms with Crippen molar-refractivity contribution in [1.29, 1.82) is 0 Å². The van der Waals surface area contributed by atoms with Crippen molar-refractivity contribution >= 4 is 59.0 Å². The lowest BCUT2D eigenvalue weighted by atomic mass is 10.1. The number of para-hydroxylation sites is 1. The molecule has 0 aromatic heterocycles. The molecule has 0 aliphatic heterocycles. The number of nitro groups is 1. The molecule has 1 amide bonds. The quantitative estimate of drug-likeness (QED) is 0.206. The number of rotatable bonds is 6. The highest BCUT2D eigenvalue weighted by atomic mass is 79.9. The first-order valence-corrected chi connectivity index (χ1v) is 11.7. The Balaban J connectivity index is 2.45. The largest absolute Gasteiger partial charge is 0.390 e. The third-order valence-corrected chi connectivity index (χ3v) is 7.48. The van der Waals surface area contributed by atoms with Crippen LogP contribution in [0.25, 0.3) is 0 Å². The molecule has 0 spiro atoms. The number of nitrogens with one attached hydrogen (secondary N) is 1. The third-order valence-electron chi connectivity index (χ3n) is 3.92. The Morgan fingerprint density at radius 3 is 2.06 bits per heavy atom. The number of hydrogen-bond acceptors (Lipinski definition) is 3. The zero-order valence-electron chi connectivity index (χ0n) is 14.9. The van der Waals surface area contributed by atoms with Gasteiger partial charge in [-0.1, -0.05) is 12.1 Å². The number of amides is 1. The molecule has 1 N–H and O–H groups in total. The molecule has 0 bridgehead atoms. The van der Waals surface area contributed by atoms with Gasteiger partial charge in [-0.15, -0.1) is 15.5 Å². The summed E-state index contributed by atoms with van der Waals surface area (Å²) in [6.45, 7) is 0. The van der Waals surface area contributed by atoms with Gasteiger partial charge in [0.1, 0.15) is 5.56 Å². The minimum absolute atomic E-state index is 0.206. The number of nitro benzene ring substituents is 1. The molecule has 0 radical (unpaired) electrons. The van der Waals surface area contributed by atoms with E-state index in [1.807, 2.05) is 0 Å². The number of carbonyl (C=O) groups is 1. The van der Waals surface area contributed by atoms with Gasteiger partial charge in [0.15, 0.2) is 9.84 Å². The first kappa shape index (κ1) is 25.4. The molecule has 0 saturated carbocycles. The Labute approximate surface area is 186 Å². The number of anilines is 1. The molecular weight excluding hydrogens is 593 g/mol. The van der Waals surface area contributed by atoms with Gasteiger partial charge in [0.2, 0.25) is 0 Å². The van der Waals surface area contributed by atoms with E-state index in [1.54, 1.807) is 0 Å². The Hall–Kier alpha value is -1.87. The fourth-order valence-electron chi connectivity index (χ4n) is 2.38. The van der Waals surface area contributed by atoms with E-state index in [0.29, 0.717) is 0 Å². The van der Waals surface area contributed by atoms with E-state index in [-0.39, 0.29) is 17.8 Å². The number of alkyl halides is 3. The Morgan fingerprint density at radius 2 is 1.58 bits per heavy atom. The average molecular weight is 604 g/mol. The Bertz CT molecular complexity index is 1050. The van der Waals surface area contributed by atoms with E-state index >= 15 is 0 Å². The fourth-order valence-corrected chi connectivity index (χ4v) is 5.70. The molecule has 0 aliphatic carbocycles. The van der Waals surface area contributed by atoms with Crippen molar-refractivity contribution in [3.05, 3.63) is 61.0 Å². The smallest absolute Gasteiger partial charge is 0.320 e. The molecule has 15 heteroatoms. The van der Waals surface area contributed by atoms with Crippen LogP contribution in [0.1, 0.15) is 16.8 Å². The Morgan fingerprint density at radius 1 is 1.06 bits per heavy atom. The van der Waals surface area contributed by atoms with Crippen LogP contribution in [-0.4, -0.2) is 22.8 Å². The van der Waals surface area contributed by atoms with Crippen molar-refractivity contribution in [1.82, 2.24) is 0 Å². The van der Waals surface area contributed by atoms with E-state index in [0.717, 1.165) is 12.1 Å². The maximum Gasteiger partial charge on any atom is 0.390 e. The van der Waals surface area contributed by atoms with Crippen LogP contribution in [0.5, 0.6) is 0 Å². The second kappa shape index (κ2) is 7.62. The van der Waals surface area contributed by atoms with Crippen molar-refractivity contribution in [2.24, 2.45) is 0 Å². The molecule has 0 heterocycles. The van der Waals surface area contributed by atoms with E-state index in [9.17, 15) is 43.6 Å². The van der Waals surface area contributed by atoms with E-state index in [2.05, 4.69) is 37.2 Å². The van der Waals surface area contributed by atoms with Crippen LogP contribution in [-0.2, 0) is 0 Å². The zero-order valence-corrected chi connectivity index (χ0v) is 18.8. The minimum atomic E-state index is -9.32. The monoisotopic (exact) mass is 602 g/mol. The molecule has 0 saturated heterocycles. The first-order chi connectivity index (χ1) is 13.8. The average Bonchev–Trinajstić information content (AvgIpc) is 2.61. The van der Waals surface area contributed by atoms with Crippen LogP contribution in [0, 0.1) is 10.1 Å². The number of carbonyl (C=O) groups excluding carboxylic acids is 1. The maximum atomic E-state index is 14.3. The van der Waals surface area contributed by atoms with Crippen LogP contribution in [0.2, 0.25) is 0 Å². The van der Waals surface area contributed by atoms with E-state index < -0.39 is 64.1 Å². The highest BCUT2D eigenvalue weighted by Gasteiger charge is 2.65. The first-order valence-electron chi connectivity index (χ1n) is 7.93. The predicted octanol–water partition coefficient (Wildman–Crippen LogP) is 8.10. The zero-order chi connectivity index (χ0) is 23.9. The van der Waals surface area contributed by atoms with Gasteiger partial charge in [-0.2, -0.15) is 13.2 Å². The second-order valence-corrected chi connectivity index (χ2v) is 11.4. The van der Waals surface area contributed by atoms with Gasteiger partial charge in [-0.25, -0.2) is 0 Å². The van der Waals surface area contributed by atoms with Gasteiger partial charge in [0.25, 0.3) is 11.6 Å². The number of benzene rings is 2. The predicted molar refractivity (Wildman–Crippen MR) is 109 cm³/mol. The summed E-state index contributed by atoms with van der Waals surface area (Å²) < 4.78 is 93.1. The summed E-state index contributed by atoms with van der Waals surface area (Å²) in [5.74, 6) is -3.77. The molecule has 2 aromatic carbocycles. The van der Waals surface area contributed by atoms with Gasteiger partial charge >= 0.3 is 6.18 Å². The molecular formula is C16H11Br2F7N2O3S. The van der Waals surface area contributed by atoms with Gasteiger partial charge in [-0.3, -0.25) is 14.9 Å². The topological polar surface area (TPSA) is 72.2 Å². The molecule has 0 atom stereocenters. The van der Waals surface area contributed by atoms with Gasteiger partial charge in [0, 0.05) is 15.0 Å². The number of nitrogens with zero attached hydrogens (tertiary/aromatic N) is 1. The van der Waals surface area contributed by atoms with Gasteiger partial charge in [0.05, 0.1) is 27.7 Å².